The average Bonchev–Trinajstić information content (AvgIpc) is 2.28. The van der Waals surface area contributed by atoms with Gasteiger partial charge in [-0.25, -0.2) is 4.79 Å². The molecule has 0 saturated heterocycles. The molecule has 1 rings (SSSR count). The molecule has 4 nitrogen and oxygen atoms in total. The second-order valence-electron chi connectivity index (χ2n) is 4.06. The summed E-state index contributed by atoms with van der Waals surface area (Å²) in [7, 11) is 0. The number of aliphatic hydroxyl groups excluding tert-OH is 1. The monoisotopic (exact) mass is 277 g/mol. The van der Waals surface area contributed by atoms with E-state index in [9.17, 15) is 18.0 Å². The second kappa shape index (κ2) is 6.42. The van der Waals surface area contributed by atoms with Crippen LogP contribution in [0.2, 0.25) is 0 Å². The molecule has 7 heteroatoms. The fourth-order valence-electron chi connectivity index (χ4n) is 1.67. The summed E-state index contributed by atoms with van der Waals surface area (Å²) in [6.07, 6.45) is -5.19. The zero-order chi connectivity index (χ0) is 14.5. The number of alkyl halides is 3. The van der Waals surface area contributed by atoms with Gasteiger partial charge in [-0.3, -0.25) is 0 Å². The van der Waals surface area contributed by atoms with Crippen LogP contribution >= 0.6 is 0 Å². The fraction of sp³-hybridized carbons (Fsp3) is 0.417. The summed E-state index contributed by atoms with van der Waals surface area (Å²) < 4.78 is 37.1. The summed E-state index contributed by atoms with van der Waals surface area (Å²) in [6, 6.07) is 3.98. The lowest BCUT2D eigenvalue weighted by molar-refractivity contribution is -0.137. The highest BCUT2D eigenvalue weighted by atomic mass is 19.4. The molecule has 0 spiro atoms. The van der Waals surface area contributed by atoms with Crippen LogP contribution in [0.5, 0.6) is 0 Å². The Morgan fingerprint density at radius 3 is 2.26 bits per heavy atom. The van der Waals surface area contributed by atoms with Crippen molar-refractivity contribution in [1.82, 2.24) is 5.32 Å². The highest BCUT2D eigenvalue weighted by Gasteiger charge is 2.30. The van der Waals surface area contributed by atoms with Crippen LogP contribution in [-0.4, -0.2) is 29.0 Å². The topological polar surface area (TPSA) is 69.6 Å². The normalized spacial score (nSPS) is 13.1. The first kappa shape index (κ1) is 15.3. The number of nitrogens with one attached hydrogen (secondary N) is 1. The van der Waals surface area contributed by atoms with Gasteiger partial charge < -0.3 is 15.5 Å². The molecular weight excluding hydrogens is 263 g/mol. The van der Waals surface area contributed by atoms with Gasteiger partial charge in [0.2, 0.25) is 0 Å². The first-order valence-electron chi connectivity index (χ1n) is 5.59. The highest BCUT2D eigenvalue weighted by molar-refractivity contribution is 5.64. The van der Waals surface area contributed by atoms with Gasteiger partial charge in [0.05, 0.1) is 5.56 Å². The number of carboxylic acid groups (broad SMARTS) is 1. The van der Waals surface area contributed by atoms with Gasteiger partial charge in [0.15, 0.2) is 0 Å². The van der Waals surface area contributed by atoms with E-state index in [1.54, 1.807) is 0 Å². The van der Waals surface area contributed by atoms with Crippen molar-refractivity contribution in [3.8, 4) is 0 Å². The molecule has 0 heterocycles. The van der Waals surface area contributed by atoms with Gasteiger partial charge in [-0.2, -0.15) is 13.2 Å². The maximum Gasteiger partial charge on any atom is 0.416 e. The molecule has 0 radical (unpaired) electrons. The largest absolute Gasteiger partial charge is 0.465 e. The number of amides is 1. The van der Waals surface area contributed by atoms with E-state index in [2.05, 4.69) is 5.32 Å². The molecule has 1 amide bonds. The third-order valence-corrected chi connectivity index (χ3v) is 2.57. The highest BCUT2D eigenvalue weighted by Crippen LogP contribution is 2.29. The second-order valence-corrected chi connectivity index (χ2v) is 4.06. The van der Waals surface area contributed by atoms with Crippen molar-refractivity contribution in [1.29, 1.82) is 0 Å². The maximum absolute atomic E-state index is 12.4. The lowest BCUT2D eigenvalue weighted by atomic mass is 10.0. The molecule has 19 heavy (non-hydrogen) atoms. The number of carbonyl (C=O) groups is 1. The van der Waals surface area contributed by atoms with E-state index in [0.29, 0.717) is 5.56 Å². The van der Waals surface area contributed by atoms with Crippen LogP contribution in [0.15, 0.2) is 24.3 Å². The fourth-order valence-corrected chi connectivity index (χ4v) is 1.67. The number of rotatable bonds is 5. The van der Waals surface area contributed by atoms with Crippen molar-refractivity contribution < 1.29 is 28.2 Å². The number of halogens is 3. The molecule has 3 N–H and O–H groups in total. The Morgan fingerprint density at radius 1 is 1.26 bits per heavy atom. The van der Waals surface area contributed by atoms with Crippen molar-refractivity contribution in [2.45, 2.75) is 25.1 Å². The molecule has 0 aliphatic carbocycles. The minimum atomic E-state index is -4.39. The summed E-state index contributed by atoms with van der Waals surface area (Å²) in [6.45, 7) is -0.203. The van der Waals surface area contributed by atoms with Crippen LogP contribution in [0.25, 0.3) is 0 Å². The lowest BCUT2D eigenvalue weighted by Gasteiger charge is -2.16. The van der Waals surface area contributed by atoms with E-state index in [1.165, 1.54) is 12.1 Å². The minimum Gasteiger partial charge on any atom is -0.465 e. The van der Waals surface area contributed by atoms with E-state index in [4.69, 9.17) is 10.2 Å². The van der Waals surface area contributed by atoms with Crippen molar-refractivity contribution in [3.63, 3.8) is 0 Å². The van der Waals surface area contributed by atoms with Crippen LogP contribution in [0, 0.1) is 0 Å². The van der Waals surface area contributed by atoms with Crippen molar-refractivity contribution in [2.75, 3.05) is 6.61 Å². The quantitative estimate of drug-likeness (QED) is 0.773. The van der Waals surface area contributed by atoms with Crippen molar-refractivity contribution >= 4 is 6.09 Å². The molecule has 1 unspecified atom stereocenters. The molecule has 1 atom stereocenters. The Balaban J connectivity index is 2.72. The molecule has 1 aromatic carbocycles. The Hall–Kier alpha value is -1.76. The molecule has 0 bridgehead atoms. The summed E-state index contributed by atoms with van der Waals surface area (Å²) >= 11 is 0. The predicted molar refractivity (Wildman–Crippen MR) is 61.8 cm³/mol. The van der Waals surface area contributed by atoms with Gasteiger partial charge in [0.25, 0.3) is 0 Å². The van der Waals surface area contributed by atoms with E-state index in [-0.39, 0.29) is 19.4 Å². The average molecular weight is 277 g/mol. The zero-order valence-electron chi connectivity index (χ0n) is 9.94. The first-order valence-corrected chi connectivity index (χ1v) is 5.59. The Kier molecular flexibility index (Phi) is 5.17. The number of hydrogen-bond acceptors (Lipinski definition) is 2. The summed E-state index contributed by atoms with van der Waals surface area (Å²) in [5.74, 6) is 0. The molecule has 0 aliphatic heterocycles. The van der Waals surface area contributed by atoms with E-state index < -0.39 is 23.9 Å². The summed E-state index contributed by atoms with van der Waals surface area (Å²) in [5, 5.41) is 19.6. The third kappa shape index (κ3) is 5.17. The number of benzene rings is 1. The Bertz CT molecular complexity index is 417. The molecule has 0 aromatic heterocycles. The van der Waals surface area contributed by atoms with E-state index in [0.717, 1.165) is 12.1 Å². The molecular formula is C12H14F3NO3. The molecule has 0 saturated carbocycles. The minimum absolute atomic E-state index is 0.202. The van der Waals surface area contributed by atoms with Crippen LogP contribution in [-0.2, 0) is 12.6 Å². The van der Waals surface area contributed by atoms with Crippen LogP contribution < -0.4 is 5.32 Å². The number of hydrogen-bond donors (Lipinski definition) is 3. The van der Waals surface area contributed by atoms with E-state index in [1.807, 2.05) is 0 Å². The van der Waals surface area contributed by atoms with Crippen molar-refractivity contribution in [2.24, 2.45) is 0 Å². The van der Waals surface area contributed by atoms with Crippen LogP contribution in [0.1, 0.15) is 17.5 Å². The van der Waals surface area contributed by atoms with Gasteiger partial charge in [0.1, 0.15) is 0 Å². The first-order chi connectivity index (χ1) is 8.82. The molecule has 0 aliphatic rings. The third-order valence-electron chi connectivity index (χ3n) is 2.57. The molecule has 1 aromatic rings. The van der Waals surface area contributed by atoms with Crippen LogP contribution in [0.4, 0.5) is 18.0 Å². The van der Waals surface area contributed by atoms with Gasteiger partial charge in [-0.05, 0) is 30.5 Å². The zero-order valence-corrected chi connectivity index (χ0v) is 9.94. The standard InChI is InChI=1S/C12H14F3NO3/c13-12(14,15)9-3-1-8(2-4-9)7-10(5-6-17)16-11(18)19/h1-4,10,16-17H,5-7H2,(H,18,19). The molecule has 106 valence electrons. The molecule has 0 fully saturated rings. The predicted octanol–water partition coefficient (Wildman–Crippen LogP) is 2.27. The number of aliphatic hydroxyl groups is 1. The Labute approximate surface area is 107 Å². The summed E-state index contributed by atoms with van der Waals surface area (Å²) in [5.41, 5.74) is -0.179. The van der Waals surface area contributed by atoms with Crippen molar-refractivity contribution in [3.05, 3.63) is 35.4 Å². The smallest absolute Gasteiger partial charge is 0.416 e. The lowest BCUT2D eigenvalue weighted by Crippen LogP contribution is -2.36. The van der Waals surface area contributed by atoms with Gasteiger partial charge in [0, 0.05) is 12.6 Å². The van der Waals surface area contributed by atoms with Crippen LogP contribution in [0.3, 0.4) is 0 Å². The van der Waals surface area contributed by atoms with Gasteiger partial charge in [-0.15, -0.1) is 0 Å². The maximum atomic E-state index is 12.4. The van der Waals surface area contributed by atoms with Gasteiger partial charge >= 0.3 is 12.3 Å². The SMILES string of the molecule is O=C(O)NC(CCO)Cc1ccc(C(F)(F)F)cc1. The summed E-state index contributed by atoms with van der Waals surface area (Å²) in [4.78, 5) is 10.5. The van der Waals surface area contributed by atoms with E-state index >= 15 is 0 Å². The van der Waals surface area contributed by atoms with Gasteiger partial charge in [-0.1, -0.05) is 12.1 Å². The Morgan fingerprint density at radius 2 is 1.84 bits per heavy atom.